The van der Waals surface area contributed by atoms with Crippen molar-refractivity contribution in [2.75, 3.05) is 18.6 Å². The molecule has 0 spiro atoms. The van der Waals surface area contributed by atoms with Crippen LogP contribution in [-0.2, 0) is 9.53 Å². The number of thioether (sulfide) groups is 1. The number of carbonyl (C=O) groups is 1. The van der Waals surface area contributed by atoms with Gasteiger partial charge in [-0.05, 0) is 17.9 Å². The zero-order valence-corrected chi connectivity index (χ0v) is 8.37. The number of halogens is 1. The van der Waals surface area contributed by atoms with Crippen LogP contribution >= 0.6 is 23.4 Å². The van der Waals surface area contributed by atoms with Crippen molar-refractivity contribution < 1.29 is 9.53 Å². The third-order valence-corrected chi connectivity index (χ3v) is 2.51. The lowest BCUT2D eigenvalue weighted by Gasteiger charge is -2.05. The van der Waals surface area contributed by atoms with E-state index in [1.807, 2.05) is 0 Å². The Kier molecular flexibility index (Phi) is 6.87. The van der Waals surface area contributed by atoms with Gasteiger partial charge in [-0.1, -0.05) is 6.92 Å². The Morgan fingerprint density at radius 1 is 1.73 bits per heavy atom. The summed E-state index contributed by atoms with van der Waals surface area (Å²) >= 11 is 7.45. The predicted molar refractivity (Wildman–Crippen MR) is 49.3 cm³/mol. The number of hydrogen-bond donors (Lipinski definition) is 0. The van der Waals surface area contributed by atoms with Gasteiger partial charge in [0, 0.05) is 0 Å². The van der Waals surface area contributed by atoms with E-state index in [0.717, 1.165) is 11.5 Å². The highest BCUT2D eigenvalue weighted by atomic mass is 35.5. The van der Waals surface area contributed by atoms with Crippen molar-refractivity contribution in [2.45, 2.75) is 18.7 Å². The molecular weight excluding hydrogens is 184 g/mol. The summed E-state index contributed by atoms with van der Waals surface area (Å²) in [6.45, 7) is 2.08. The molecule has 4 heteroatoms. The largest absolute Gasteiger partial charge is 0.468 e. The number of esters is 1. The Morgan fingerprint density at radius 2 is 2.36 bits per heavy atom. The summed E-state index contributed by atoms with van der Waals surface area (Å²) in [6.07, 6.45) is 0.687. The molecule has 0 bridgehead atoms. The number of alkyl halides is 1. The molecule has 66 valence electrons. The van der Waals surface area contributed by atoms with E-state index in [0.29, 0.717) is 6.42 Å². The van der Waals surface area contributed by atoms with Gasteiger partial charge in [0.15, 0.2) is 0 Å². The number of methoxy groups -OCH3 is 1. The zero-order chi connectivity index (χ0) is 8.69. The molecule has 0 saturated carbocycles. The highest BCUT2D eigenvalue weighted by Crippen LogP contribution is 2.09. The van der Waals surface area contributed by atoms with Gasteiger partial charge in [-0.15, -0.1) is 11.6 Å². The summed E-state index contributed by atoms with van der Waals surface area (Å²) in [5.74, 6) is 1.65. The van der Waals surface area contributed by atoms with Crippen LogP contribution < -0.4 is 0 Å². The molecule has 0 saturated heterocycles. The highest BCUT2D eigenvalue weighted by molar-refractivity contribution is 7.99. The van der Waals surface area contributed by atoms with Crippen LogP contribution in [0.3, 0.4) is 0 Å². The fraction of sp³-hybridized carbons (Fsp3) is 0.857. The van der Waals surface area contributed by atoms with E-state index >= 15 is 0 Å². The average molecular weight is 197 g/mol. The van der Waals surface area contributed by atoms with Crippen molar-refractivity contribution in [3.05, 3.63) is 0 Å². The number of carbonyl (C=O) groups excluding carboxylic acids is 1. The minimum absolute atomic E-state index is 0.330. The standard InChI is InChI=1S/C7H13ClO2S/c1-3-11-5-4-6(8)7(9)10-2/h6H,3-5H2,1-2H3. The van der Waals surface area contributed by atoms with Crippen molar-refractivity contribution in [1.82, 2.24) is 0 Å². The molecule has 0 rings (SSSR count). The molecule has 0 heterocycles. The molecule has 11 heavy (non-hydrogen) atoms. The van der Waals surface area contributed by atoms with Crippen molar-refractivity contribution in [2.24, 2.45) is 0 Å². The van der Waals surface area contributed by atoms with Crippen LogP contribution in [-0.4, -0.2) is 30.0 Å². The van der Waals surface area contributed by atoms with Gasteiger partial charge >= 0.3 is 5.97 Å². The normalized spacial score (nSPS) is 12.6. The fourth-order valence-electron chi connectivity index (χ4n) is 0.577. The number of ether oxygens (including phenoxy) is 1. The number of hydrogen-bond acceptors (Lipinski definition) is 3. The summed E-state index contributed by atoms with van der Waals surface area (Å²) < 4.78 is 4.46. The van der Waals surface area contributed by atoms with E-state index in [1.165, 1.54) is 7.11 Å². The van der Waals surface area contributed by atoms with Crippen molar-refractivity contribution in [3.8, 4) is 0 Å². The molecule has 0 radical (unpaired) electrons. The van der Waals surface area contributed by atoms with Crippen molar-refractivity contribution >= 4 is 29.3 Å². The van der Waals surface area contributed by atoms with Crippen LogP contribution in [0.15, 0.2) is 0 Å². The Labute approximate surface area is 76.6 Å². The third-order valence-electron chi connectivity index (χ3n) is 1.18. The maximum atomic E-state index is 10.7. The molecule has 1 unspecified atom stereocenters. The van der Waals surface area contributed by atoms with Gasteiger partial charge < -0.3 is 4.74 Å². The second-order valence-electron chi connectivity index (χ2n) is 1.98. The minimum Gasteiger partial charge on any atom is -0.468 e. The van der Waals surface area contributed by atoms with Crippen LogP contribution in [0, 0.1) is 0 Å². The highest BCUT2D eigenvalue weighted by Gasteiger charge is 2.14. The first kappa shape index (κ1) is 11.1. The van der Waals surface area contributed by atoms with Gasteiger partial charge in [-0.2, -0.15) is 11.8 Å². The maximum Gasteiger partial charge on any atom is 0.323 e. The lowest BCUT2D eigenvalue weighted by molar-refractivity contribution is -0.140. The summed E-state index contributed by atoms with van der Waals surface area (Å²) in [5, 5.41) is -0.473. The van der Waals surface area contributed by atoms with Crippen LogP contribution in [0.1, 0.15) is 13.3 Å². The first-order valence-corrected chi connectivity index (χ1v) is 5.11. The maximum absolute atomic E-state index is 10.7. The Balaban J connectivity index is 3.36. The molecule has 0 aromatic carbocycles. The molecule has 0 aromatic heterocycles. The Bertz CT molecular complexity index is 119. The molecule has 0 aliphatic heterocycles. The van der Waals surface area contributed by atoms with Crippen molar-refractivity contribution in [3.63, 3.8) is 0 Å². The van der Waals surface area contributed by atoms with Gasteiger partial charge in [0.2, 0.25) is 0 Å². The second-order valence-corrected chi connectivity index (χ2v) is 3.90. The molecule has 0 aliphatic rings. The summed E-state index contributed by atoms with van der Waals surface area (Å²) in [7, 11) is 1.35. The average Bonchev–Trinajstić information content (AvgIpc) is 2.03. The van der Waals surface area contributed by atoms with Crippen LogP contribution in [0.4, 0.5) is 0 Å². The van der Waals surface area contributed by atoms with E-state index in [1.54, 1.807) is 11.8 Å². The quantitative estimate of drug-likeness (QED) is 0.382. The number of rotatable bonds is 5. The second kappa shape index (κ2) is 6.80. The summed E-state index contributed by atoms with van der Waals surface area (Å²) in [5.41, 5.74) is 0. The molecule has 0 fully saturated rings. The van der Waals surface area contributed by atoms with Crippen LogP contribution in [0.2, 0.25) is 0 Å². The molecule has 0 aliphatic carbocycles. The smallest absolute Gasteiger partial charge is 0.323 e. The van der Waals surface area contributed by atoms with Crippen molar-refractivity contribution in [1.29, 1.82) is 0 Å². The first-order chi connectivity index (χ1) is 5.22. The monoisotopic (exact) mass is 196 g/mol. The zero-order valence-electron chi connectivity index (χ0n) is 6.80. The van der Waals surface area contributed by atoms with E-state index in [4.69, 9.17) is 11.6 Å². The van der Waals surface area contributed by atoms with E-state index < -0.39 is 5.38 Å². The van der Waals surface area contributed by atoms with E-state index in [2.05, 4.69) is 11.7 Å². The predicted octanol–water partition coefficient (Wildman–Crippen LogP) is 1.91. The van der Waals surface area contributed by atoms with E-state index in [9.17, 15) is 4.79 Å². The lowest BCUT2D eigenvalue weighted by atomic mass is 10.3. The molecule has 1 atom stereocenters. The van der Waals surface area contributed by atoms with Crippen LogP contribution in [0.25, 0.3) is 0 Å². The minimum atomic E-state index is -0.473. The van der Waals surface area contributed by atoms with Crippen LogP contribution in [0.5, 0.6) is 0 Å². The first-order valence-electron chi connectivity index (χ1n) is 3.52. The third kappa shape index (κ3) is 5.39. The van der Waals surface area contributed by atoms with E-state index in [-0.39, 0.29) is 5.97 Å². The molecule has 0 amide bonds. The van der Waals surface area contributed by atoms with Gasteiger partial charge in [0.1, 0.15) is 5.38 Å². The Morgan fingerprint density at radius 3 is 2.82 bits per heavy atom. The molecule has 2 nitrogen and oxygen atoms in total. The molecule has 0 N–H and O–H groups in total. The van der Waals surface area contributed by atoms with Gasteiger partial charge in [0.05, 0.1) is 7.11 Å². The van der Waals surface area contributed by atoms with Gasteiger partial charge in [-0.3, -0.25) is 4.79 Å². The molecular formula is C7H13ClO2S. The van der Waals surface area contributed by atoms with Gasteiger partial charge in [-0.25, -0.2) is 0 Å². The Hall–Kier alpha value is 0.110. The topological polar surface area (TPSA) is 26.3 Å². The summed E-state index contributed by atoms with van der Waals surface area (Å²) in [6, 6.07) is 0. The lowest BCUT2D eigenvalue weighted by Crippen LogP contribution is -2.16. The fourth-order valence-corrected chi connectivity index (χ4v) is 1.60. The SMILES string of the molecule is CCSCCC(Cl)C(=O)OC. The van der Waals surface area contributed by atoms with Gasteiger partial charge in [0.25, 0.3) is 0 Å². The summed E-state index contributed by atoms with van der Waals surface area (Å²) in [4.78, 5) is 10.7. The molecule has 0 aromatic rings.